The third-order valence-electron chi connectivity index (χ3n) is 3.55. The molecule has 0 aliphatic carbocycles. The van der Waals surface area contributed by atoms with Crippen LogP contribution in [0.1, 0.15) is 5.48 Å². The summed E-state index contributed by atoms with van der Waals surface area (Å²) in [6.45, 7) is 0. The van der Waals surface area contributed by atoms with Gasteiger partial charge in [0.2, 0.25) is 5.28 Å². The van der Waals surface area contributed by atoms with Crippen molar-refractivity contribution >= 4 is 11.6 Å². The maximum Gasteiger partial charge on any atom is 0.226 e. The molecule has 1 aromatic heterocycles. The van der Waals surface area contributed by atoms with Gasteiger partial charge in [-0.05, 0) is 22.7 Å². The van der Waals surface area contributed by atoms with E-state index in [2.05, 4.69) is 15.0 Å². The fraction of sp³-hybridized carbons (Fsp3) is 0. The van der Waals surface area contributed by atoms with Crippen LogP contribution >= 0.6 is 11.6 Å². The minimum absolute atomic E-state index is 0.000430. The van der Waals surface area contributed by atoms with E-state index < -0.39 is 0 Å². The summed E-state index contributed by atoms with van der Waals surface area (Å²) in [5, 5.41) is -0.0853. The van der Waals surface area contributed by atoms with Crippen molar-refractivity contribution in [3.63, 3.8) is 0 Å². The Labute approximate surface area is 156 Å². The number of hydrogen-bond donors (Lipinski definition) is 0. The van der Waals surface area contributed by atoms with Gasteiger partial charge in [-0.3, -0.25) is 0 Å². The third-order valence-corrected chi connectivity index (χ3v) is 3.72. The van der Waals surface area contributed by atoms with E-state index in [0.29, 0.717) is 17.0 Å². The quantitative estimate of drug-likeness (QED) is 0.489. The van der Waals surface area contributed by atoms with Gasteiger partial charge in [0.25, 0.3) is 0 Å². The third kappa shape index (κ3) is 3.42. The lowest BCUT2D eigenvalue weighted by Gasteiger charge is -2.06. The summed E-state index contributed by atoms with van der Waals surface area (Å²) in [6.07, 6.45) is 0. The summed E-state index contributed by atoms with van der Waals surface area (Å²) >= 11 is 6.08. The lowest BCUT2D eigenvalue weighted by molar-refractivity contribution is 1.07. The summed E-state index contributed by atoms with van der Waals surface area (Å²) in [7, 11) is 0. The Morgan fingerprint density at radius 2 is 1.04 bits per heavy atom. The standard InChI is InChI=1S/C21H14ClN3/c22-21-24-19(17-9-5-2-6-10-17)23-20(25-21)18-13-11-16(12-14-18)15-7-3-1-4-8-15/h1-14H/i11D,12D,13D,14D. The topological polar surface area (TPSA) is 38.7 Å². The van der Waals surface area contributed by atoms with Crippen molar-refractivity contribution in [3.8, 4) is 33.9 Å². The summed E-state index contributed by atoms with van der Waals surface area (Å²) in [5.41, 5.74) is 1.53. The summed E-state index contributed by atoms with van der Waals surface area (Å²) in [6, 6.07) is 17.2. The molecule has 0 aliphatic heterocycles. The number of aromatic nitrogens is 3. The van der Waals surface area contributed by atoms with E-state index in [0.717, 1.165) is 0 Å². The molecule has 120 valence electrons. The van der Waals surface area contributed by atoms with Crippen LogP contribution in [0.25, 0.3) is 33.9 Å². The summed E-state index contributed by atoms with van der Waals surface area (Å²) in [5.74, 6) is 0.296. The Morgan fingerprint density at radius 3 is 1.64 bits per heavy atom. The molecule has 0 bridgehead atoms. The molecule has 0 saturated heterocycles. The lowest BCUT2D eigenvalue weighted by atomic mass is 10.0. The van der Waals surface area contributed by atoms with Crippen LogP contribution < -0.4 is 0 Å². The van der Waals surface area contributed by atoms with Crippen molar-refractivity contribution in [1.29, 1.82) is 0 Å². The zero-order chi connectivity index (χ0) is 20.5. The predicted octanol–water partition coefficient (Wildman–Crippen LogP) is 5.53. The highest BCUT2D eigenvalue weighted by Gasteiger charge is 2.09. The molecule has 0 saturated carbocycles. The maximum atomic E-state index is 8.47. The molecule has 0 N–H and O–H groups in total. The lowest BCUT2D eigenvalue weighted by Crippen LogP contribution is -1.97. The molecule has 0 aliphatic rings. The molecule has 0 unspecified atom stereocenters. The van der Waals surface area contributed by atoms with E-state index >= 15 is 0 Å². The second-order valence-electron chi connectivity index (χ2n) is 5.23. The van der Waals surface area contributed by atoms with E-state index in [4.69, 9.17) is 17.1 Å². The first-order chi connectivity index (χ1) is 14.0. The zero-order valence-corrected chi connectivity index (χ0v) is 13.7. The molecule has 0 spiro atoms. The number of hydrogen-bond acceptors (Lipinski definition) is 3. The molecule has 4 aromatic rings. The van der Waals surface area contributed by atoms with Crippen LogP contribution in [0.3, 0.4) is 0 Å². The van der Waals surface area contributed by atoms with Gasteiger partial charge in [-0.1, -0.05) is 84.8 Å². The molecule has 0 atom stereocenters. The number of nitrogens with zero attached hydrogens (tertiary/aromatic N) is 3. The van der Waals surface area contributed by atoms with E-state index in [1.165, 1.54) is 0 Å². The van der Waals surface area contributed by atoms with Crippen molar-refractivity contribution in [2.45, 2.75) is 0 Å². The second kappa shape index (κ2) is 6.83. The largest absolute Gasteiger partial charge is 0.226 e. The van der Waals surface area contributed by atoms with Crippen LogP contribution in [0.15, 0.2) is 84.8 Å². The van der Waals surface area contributed by atoms with E-state index in [9.17, 15) is 0 Å². The van der Waals surface area contributed by atoms with Gasteiger partial charge in [0.15, 0.2) is 11.6 Å². The highest BCUT2D eigenvalue weighted by molar-refractivity contribution is 6.28. The molecule has 3 aromatic carbocycles. The van der Waals surface area contributed by atoms with Gasteiger partial charge in [0, 0.05) is 11.1 Å². The molecule has 0 fully saturated rings. The molecule has 0 radical (unpaired) electrons. The van der Waals surface area contributed by atoms with Gasteiger partial charge in [-0.2, -0.15) is 9.97 Å². The number of benzene rings is 3. The Bertz CT molecular complexity index is 1170. The van der Waals surface area contributed by atoms with E-state index in [-0.39, 0.29) is 46.4 Å². The predicted molar refractivity (Wildman–Crippen MR) is 101 cm³/mol. The summed E-state index contributed by atoms with van der Waals surface area (Å²) < 4.78 is 33.8. The molecular formula is C21H14ClN3. The average Bonchev–Trinajstić information content (AvgIpc) is 2.74. The van der Waals surface area contributed by atoms with Crippen LogP contribution in [0.2, 0.25) is 5.28 Å². The van der Waals surface area contributed by atoms with Gasteiger partial charge in [0.1, 0.15) is 0 Å². The van der Waals surface area contributed by atoms with E-state index in [1.807, 2.05) is 36.4 Å². The molecule has 3 nitrogen and oxygen atoms in total. The summed E-state index contributed by atoms with van der Waals surface area (Å²) in [4.78, 5) is 12.6. The minimum Gasteiger partial charge on any atom is -0.208 e. The van der Waals surface area contributed by atoms with Gasteiger partial charge in [-0.15, -0.1) is 0 Å². The smallest absolute Gasteiger partial charge is 0.208 e. The second-order valence-corrected chi connectivity index (χ2v) is 5.57. The molecule has 0 amide bonds. The Balaban J connectivity index is 1.94. The van der Waals surface area contributed by atoms with Crippen LogP contribution in [0.5, 0.6) is 0 Å². The number of halogens is 1. The highest BCUT2D eigenvalue weighted by Crippen LogP contribution is 2.25. The van der Waals surface area contributed by atoms with Crippen molar-refractivity contribution in [1.82, 2.24) is 15.0 Å². The van der Waals surface area contributed by atoms with Crippen LogP contribution in [-0.2, 0) is 0 Å². The Kier molecular flexibility index (Phi) is 3.14. The number of rotatable bonds is 3. The van der Waals surface area contributed by atoms with Crippen LogP contribution in [-0.4, -0.2) is 15.0 Å². The van der Waals surface area contributed by atoms with Gasteiger partial charge < -0.3 is 0 Å². The highest BCUT2D eigenvalue weighted by atomic mass is 35.5. The van der Waals surface area contributed by atoms with Crippen molar-refractivity contribution in [2.24, 2.45) is 0 Å². The first-order valence-electron chi connectivity index (χ1n) is 9.60. The van der Waals surface area contributed by atoms with Crippen LogP contribution in [0.4, 0.5) is 0 Å². The van der Waals surface area contributed by atoms with E-state index in [1.54, 1.807) is 24.3 Å². The van der Waals surface area contributed by atoms with Crippen LogP contribution in [0, 0.1) is 0 Å². The molecule has 4 heteroatoms. The Hall–Kier alpha value is -3.04. The van der Waals surface area contributed by atoms with Gasteiger partial charge >= 0.3 is 0 Å². The normalized spacial score (nSPS) is 12.8. The van der Waals surface area contributed by atoms with Crippen molar-refractivity contribution < 1.29 is 5.48 Å². The maximum absolute atomic E-state index is 8.47. The minimum atomic E-state index is -0.230. The van der Waals surface area contributed by atoms with Gasteiger partial charge in [0.05, 0.1) is 5.48 Å². The fourth-order valence-corrected chi connectivity index (χ4v) is 2.51. The monoisotopic (exact) mass is 347 g/mol. The Morgan fingerprint density at radius 1 is 0.560 bits per heavy atom. The zero-order valence-electron chi connectivity index (χ0n) is 17.0. The van der Waals surface area contributed by atoms with Crippen molar-refractivity contribution in [2.75, 3.05) is 0 Å². The van der Waals surface area contributed by atoms with Gasteiger partial charge in [-0.25, -0.2) is 4.98 Å². The fourth-order valence-electron chi connectivity index (χ4n) is 2.35. The first-order valence-corrected chi connectivity index (χ1v) is 7.98. The van der Waals surface area contributed by atoms with Crippen molar-refractivity contribution in [3.05, 3.63) is 90.1 Å². The first kappa shape index (κ1) is 11.5. The average molecular weight is 348 g/mol. The molecular weight excluding hydrogens is 330 g/mol. The molecule has 1 heterocycles. The molecule has 4 rings (SSSR count). The molecule has 25 heavy (non-hydrogen) atoms. The SMILES string of the molecule is [2H]c1c([2H])c(-c2nc(Cl)nc(-c3ccccc3)n2)c([2H])c([2H])c1-c1ccccc1.